The maximum absolute atomic E-state index is 12.6. The van der Waals surface area contributed by atoms with Crippen molar-refractivity contribution in [1.82, 2.24) is 60.9 Å². The Morgan fingerprint density at radius 2 is 0.667 bits per heavy atom. The summed E-state index contributed by atoms with van der Waals surface area (Å²) in [6.45, 7) is 12.6. The number of rotatable bonds is 33. The van der Waals surface area contributed by atoms with Crippen LogP contribution in [0.15, 0.2) is 110 Å². The lowest BCUT2D eigenvalue weighted by Crippen LogP contribution is -2.22. The molecule has 0 saturated carbocycles. The van der Waals surface area contributed by atoms with Crippen molar-refractivity contribution in [2.75, 3.05) is 55.2 Å². The van der Waals surface area contributed by atoms with Crippen LogP contribution in [0.1, 0.15) is 115 Å². The summed E-state index contributed by atoms with van der Waals surface area (Å²) < 4.78 is 5.45. The third-order valence-corrected chi connectivity index (χ3v) is 12.6. The van der Waals surface area contributed by atoms with E-state index in [1.165, 1.54) is 38.5 Å². The van der Waals surface area contributed by atoms with Crippen molar-refractivity contribution in [3.8, 4) is 33.8 Å². The summed E-state index contributed by atoms with van der Waals surface area (Å²) in [7, 11) is 0. The standard InChI is InChI=1S/C57H75N15O3/c1-4-7-10-28-58-31-25-55(73)61-49-19-13-46(14-20-49)52-40-70(67-64-52)37-43-34-44(38-71-41-53(65-68-71)47-15-21-50(22-16-47)62-56(74)26-32-59-29-11-8-5-2)36-45(35-43)39-72-42-54(66-69-72)48-17-23-51(24-18-48)63-57(75)27-33-60-30-12-9-6-3/h13-24,34-36,40-42,58-60H,4-12,25-33,37-39H2,1-3H3,(H,61,73)(H,62,74)(H,63,75). The maximum atomic E-state index is 12.6. The Bertz CT molecular complexity index is 2500. The molecule has 6 N–H and O–H groups in total. The molecule has 0 saturated heterocycles. The molecule has 3 heterocycles. The molecule has 0 bridgehead atoms. The predicted octanol–water partition coefficient (Wildman–Crippen LogP) is 8.93. The van der Waals surface area contributed by atoms with Crippen LogP contribution in [0.4, 0.5) is 17.1 Å². The molecule has 7 rings (SSSR count). The van der Waals surface area contributed by atoms with E-state index in [1.807, 2.05) is 105 Å². The molecule has 0 radical (unpaired) electrons. The molecule has 396 valence electrons. The van der Waals surface area contributed by atoms with E-state index in [1.54, 1.807) is 0 Å². The molecular formula is C57H75N15O3. The van der Waals surface area contributed by atoms with Crippen LogP contribution >= 0.6 is 0 Å². The van der Waals surface area contributed by atoms with Gasteiger partial charge in [0, 0.05) is 72.6 Å². The van der Waals surface area contributed by atoms with Crippen LogP contribution in [0.3, 0.4) is 0 Å². The van der Waals surface area contributed by atoms with E-state index in [9.17, 15) is 14.4 Å². The second-order valence-corrected chi connectivity index (χ2v) is 19.1. The highest BCUT2D eigenvalue weighted by atomic mass is 16.2. The smallest absolute Gasteiger partial charge is 0.225 e. The molecule has 75 heavy (non-hydrogen) atoms. The van der Waals surface area contributed by atoms with E-state index in [-0.39, 0.29) is 17.7 Å². The van der Waals surface area contributed by atoms with Crippen LogP contribution in [-0.2, 0) is 34.0 Å². The van der Waals surface area contributed by atoms with Crippen LogP contribution in [0.25, 0.3) is 33.8 Å². The molecular weight excluding hydrogens is 943 g/mol. The molecule has 0 atom stereocenters. The highest BCUT2D eigenvalue weighted by Crippen LogP contribution is 2.24. The lowest BCUT2D eigenvalue weighted by molar-refractivity contribution is -0.116. The molecule has 0 fully saturated rings. The largest absolute Gasteiger partial charge is 0.326 e. The second-order valence-electron chi connectivity index (χ2n) is 19.1. The molecule has 0 aliphatic carbocycles. The molecule has 18 nitrogen and oxygen atoms in total. The van der Waals surface area contributed by atoms with E-state index >= 15 is 0 Å². The molecule has 3 aromatic heterocycles. The van der Waals surface area contributed by atoms with Crippen molar-refractivity contribution in [2.45, 2.75) is 117 Å². The molecule has 0 unspecified atom stereocenters. The van der Waals surface area contributed by atoms with Gasteiger partial charge < -0.3 is 31.9 Å². The fourth-order valence-corrected chi connectivity index (χ4v) is 8.52. The maximum Gasteiger partial charge on any atom is 0.225 e. The first-order valence-corrected chi connectivity index (χ1v) is 26.9. The summed E-state index contributed by atoms with van der Waals surface area (Å²) in [5, 5.41) is 46.0. The van der Waals surface area contributed by atoms with Crippen molar-refractivity contribution in [1.29, 1.82) is 0 Å². The van der Waals surface area contributed by atoms with E-state index in [4.69, 9.17) is 0 Å². The first-order chi connectivity index (χ1) is 36.7. The summed E-state index contributed by atoms with van der Waals surface area (Å²) >= 11 is 0. The quantitative estimate of drug-likeness (QED) is 0.0213. The summed E-state index contributed by atoms with van der Waals surface area (Å²) in [5.41, 5.74) is 10.0. The third-order valence-electron chi connectivity index (χ3n) is 12.6. The van der Waals surface area contributed by atoms with Crippen molar-refractivity contribution in [2.24, 2.45) is 0 Å². The van der Waals surface area contributed by atoms with Crippen LogP contribution in [0, 0.1) is 0 Å². The van der Waals surface area contributed by atoms with Gasteiger partial charge in [0.15, 0.2) is 0 Å². The molecule has 3 amide bonds. The first-order valence-electron chi connectivity index (χ1n) is 26.9. The predicted molar refractivity (Wildman–Crippen MR) is 297 cm³/mol. The van der Waals surface area contributed by atoms with E-state index in [0.29, 0.717) is 75.6 Å². The highest BCUT2D eigenvalue weighted by Gasteiger charge is 2.13. The summed E-state index contributed by atoms with van der Waals surface area (Å²) in [4.78, 5) is 37.7. The molecule has 18 heteroatoms. The first kappa shape index (κ1) is 55.3. The van der Waals surface area contributed by atoms with Gasteiger partial charge in [-0.15, -0.1) is 15.3 Å². The van der Waals surface area contributed by atoms with Crippen LogP contribution in [0.2, 0.25) is 0 Å². The van der Waals surface area contributed by atoms with Gasteiger partial charge in [-0.1, -0.05) is 130 Å². The lowest BCUT2D eigenvalue weighted by atomic mass is 10.0. The van der Waals surface area contributed by atoms with Crippen LogP contribution < -0.4 is 31.9 Å². The topological polar surface area (TPSA) is 216 Å². The number of amides is 3. The van der Waals surface area contributed by atoms with Gasteiger partial charge in [-0.3, -0.25) is 14.4 Å². The number of benzene rings is 4. The molecule has 7 aromatic rings. The molecule has 0 aliphatic heterocycles. The van der Waals surface area contributed by atoms with Crippen molar-refractivity contribution >= 4 is 34.8 Å². The number of aromatic nitrogens is 9. The Morgan fingerprint density at radius 3 is 0.933 bits per heavy atom. The minimum Gasteiger partial charge on any atom is -0.326 e. The Morgan fingerprint density at radius 1 is 0.387 bits per heavy atom. The number of nitrogens with one attached hydrogen (secondary N) is 6. The molecule has 0 aliphatic rings. The van der Waals surface area contributed by atoms with Gasteiger partial charge >= 0.3 is 0 Å². The number of carbonyl (C=O) groups is 3. The summed E-state index contributed by atoms with van der Waals surface area (Å²) in [6, 6.07) is 29.4. The van der Waals surface area contributed by atoms with Gasteiger partial charge in [0.1, 0.15) is 17.1 Å². The lowest BCUT2D eigenvalue weighted by Gasteiger charge is -2.10. The van der Waals surface area contributed by atoms with Crippen LogP contribution in [-0.4, -0.2) is 102 Å². The number of anilines is 3. The normalized spacial score (nSPS) is 11.2. The van der Waals surface area contributed by atoms with E-state index < -0.39 is 0 Å². The number of carbonyl (C=O) groups excluding carboxylic acids is 3. The van der Waals surface area contributed by atoms with Gasteiger partial charge in [-0.25, -0.2) is 14.0 Å². The van der Waals surface area contributed by atoms with E-state index in [0.717, 1.165) is 89.3 Å². The zero-order chi connectivity index (χ0) is 52.5. The fraction of sp³-hybridized carbons (Fsp3) is 0.421. The second kappa shape index (κ2) is 30.1. The summed E-state index contributed by atoms with van der Waals surface area (Å²) in [5.74, 6) is -0.0787. The molecule has 4 aromatic carbocycles. The Balaban J connectivity index is 1.00. The Hall–Kier alpha value is -7.41. The minimum atomic E-state index is -0.0262. The van der Waals surface area contributed by atoms with Gasteiger partial charge in [0.25, 0.3) is 0 Å². The average Bonchev–Trinajstić information content (AvgIpc) is 4.20. The highest BCUT2D eigenvalue weighted by molar-refractivity contribution is 5.92. The number of nitrogens with zero attached hydrogens (tertiary/aromatic N) is 9. The van der Waals surface area contributed by atoms with Gasteiger partial charge in [0.2, 0.25) is 17.7 Å². The average molecular weight is 1020 g/mol. The zero-order valence-electron chi connectivity index (χ0n) is 44.0. The van der Waals surface area contributed by atoms with Crippen LogP contribution in [0.5, 0.6) is 0 Å². The number of hydrogen-bond acceptors (Lipinski definition) is 12. The fourth-order valence-electron chi connectivity index (χ4n) is 8.52. The van der Waals surface area contributed by atoms with Crippen molar-refractivity contribution < 1.29 is 14.4 Å². The molecule has 0 spiro atoms. The Kier molecular flexibility index (Phi) is 22.2. The van der Waals surface area contributed by atoms with Crippen molar-refractivity contribution in [3.63, 3.8) is 0 Å². The van der Waals surface area contributed by atoms with Gasteiger partial charge in [-0.05, 0) is 92.0 Å². The number of unbranched alkanes of at least 4 members (excludes halogenated alkanes) is 6. The van der Waals surface area contributed by atoms with Gasteiger partial charge in [-0.2, -0.15) is 0 Å². The van der Waals surface area contributed by atoms with E-state index in [2.05, 4.69) is 102 Å². The van der Waals surface area contributed by atoms with Gasteiger partial charge in [0.05, 0.1) is 38.2 Å². The number of hydrogen-bond donors (Lipinski definition) is 6. The zero-order valence-corrected chi connectivity index (χ0v) is 44.0. The monoisotopic (exact) mass is 1020 g/mol. The SMILES string of the molecule is CCCCCNCCC(=O)Nc1ccc(-c2cn(Cc3cc(Cn4cc(-c5ccc(NC(=O)CCNCCCCC)cc5)nn4)cc(Cn4cc(-c5ccc(NC(=O)CCNCCCCC)cc5)nn4)c3)nn2)cc1. The summed E-state index contributed by atoms with van der Waals surface area (Å²) in [6.07, 6.45) is 17.4. The third kappa shape index (κ3) is 18.8. The minimum absolute atomic E-state index is 0.0262. The van der Waals surface area contributed by atoms with Crippen molar-refractivity contribution in [3.05, 3.63) is 126 Å². The Labute approximate surface area is 441 Å².